The molecule has 0 bridgehead atoms. The van der Waals surface area contributed by atoms with Gasteiger partial charge in [-0.1, -0.05) is 12.8 Å². The summed E-state index contributed by atoms with van der Waals surface area (Å²) in [4.78, 5) is 11.0. The lowest BCUT2D eigenvalue weighted by Gasteiger charge is -2.29. The van der Waals surface area contributed by atoms with Crippen molar-refractivity contribution in [3.63, 3.8) is 0 Å². The van der Waals surface area contributed by atoms with E-state index in [0.29, 0.717) is 0 Å². The van der Waals surface area contributed by atoms with Crippen molar-refractivity contribution in [2.75, 3.05) is 0 Å². The molecule has 0 heterocycles. The van der Waals surface area contributed by atoms with Crippen LogP contribution >= 0.6 is 0 Å². The third-order valence-corrected chi connectivity index (χ3v) is 2.11. The standard InChI is InChI=1S/C7H15N4O/c8-10-7(12)11(9)6-4-2-1-3-5-6/h4,6H,1-3,5,8-9H2,(H,10,12). The van der Waals surface area contributed by atoms with E-state index in [4.69, 9.17) is 11.7 Å². The van der Waals surface area contributed by atoms with Gasteiger partial charge in [0.2, 0.25) is 0 Å². The highest BCUT2D eigenvalue weighted by molar-refractivity contribution is 5.73. The molecule has 5 N–H and O–H groups in total. The van der Waals surface area contributed by atoms with Gasteiger partial charge in [0.05, 0.1) is 6.04 Å². The molecule has 1 atom stereocenters. The monoisotopic (exact) mass is 171 g/mol. The fourth-order valence-corrected chi connectivity index (χ4v) is 1.40. The first-order valence-corrected chi connectivity index (χ1v) is 4.13. The first-order chi connectivity index (χ1) is 5.75. The van der Waals surface area contributed by atoms with E-state index in [9.17, 15) is 4.79 Å². The molecule has 1 rings (SSSR count). The molecule has 0 saturated heterocycles. The van der Waals surface area contributed by atoms with Crippen molar-refractivity contribution in [1.29, 1.82) is 0 Å². The average Bonchev–Trinajstić information content (AvgIpc) is 2.17. The van der Waals surface area contributed by atoms with Crippen LogP contribution in [0.5, 0.6) is 0 Å². The van der Waals surface area contributed by atoms with Crippen LogP contribution in [-0.2, 0) is 0 Å². The molecule has 0 spiro atoms. The van der Waals surface area contributed by atoms with Gasteiger partial charge in [-0.25, -0.2) is 16.5 Å². The third-order valence-electron chi connectivity index (χ3n) is 2.11. The Balaban J connectivity index is 2.39. The van der Waals surface area contributed by atoms with Crippen molar-refractivity contribution in [2.45, 2.75) is 31.7 Å². The van der Waals surface area contributed by atoms with Gasteiger partial charge in [-0.05, 0) is 19.3 Å². The smallest absolute Gasteiger partial charge is 0.275 e. The number of carbonyl (C=O) groups excluding carboxylic acids is 1. The van der Waals surface area contributed by atoms with Gasteiger partial charge in [0.15, 0.2) is 0 Å². The van der Waals surface area contributed by atoms with E-state index in [2.05, 4.69) is 6.42 Å². The maximum absolute atomic E-state index is 11.0. The van der Waals surface area contributed by atoms with Crippen molar-refractivity contribution in [3.05, 3.63) is 6.42 Å². The molecule has 2 amide bonds. The number of hydrogen-bond donors (Lipinski definition) is 3. The van der Waals surface area contributed by atoms with Crippen LogP contribution < -0.4 is 17.1 Å². The zero-order valence-electron chi connectivity index (χ0n) is 6.99. The van der Waals surface area contributed by atoms with Crippen molar-refractivity contribution in [1.82, 2.24) is 10.4 Å². The van der Waals surface area contributed by atoms with E-state index >= 15 is 0 Å². The molecule has 1 saturated carbocycles. The summed E-state index contributed by atoms with van der Waals surface area (Å²) >= 11 is 0. The number of nitrogens with two attached hydrogens (primary N) is 2. The highest BCUT2D eigenvalue weighted by atomic mass is 16.2. The zero-order valence-corrected chi connectivity index (χ0v) is 6.99. The van der Waals surface area contributed by atoms with Gasteiger partial charge >= 0.3 is 6.03 Å². The first-order valence-electron chi connectivity index (χ1n) is 4.13. The maximum Gasteiger partial charge on any atom is 0.345 e. The highest BCUT2D eigenvalue weighted by Gasteiger charge is 2.22. The lowest BCUT2D eigenvalue weighted by Crippen LogP contribution is -2.53. The molecule has 5 nitrogen and oxygen atoms in total. The van der Waals surface area contributed by atoms with Gasteiger partial charge in [0, 0.05) is 0 Å². The maximum atomic E-state index is 11.0. The molecule has 69 valence electrons. The van der Waals surface area contributed by atoms with Crippen LogP contribution in [0.3, 0.4) is 0 Å². The fourth-order valence-electron chi connectivity index (χ4n) is 1.40. The number of carbonyl (C=O) groups is 1. The van der Waals surface area contributed by atoms with E-state index in [1.54, 1.807) is 0 Å². The zero-order chi connectivity index (χ0) is 8.97. The van der Waals surface area contributed by atoms with Crippen molar-refractivity contribution >= 4 is 6.03 Å². The molecule has 0 aliphatic heterocycles. The molecule has 0 aromatic heterocycles. The summed E-state index contributed by atoms with van der Waals surface area (Å²) in [5.74, 6) is 10.5. The van der Waals surface area contributed by atoms with Gasteiger partial charge in [-0.3, -0.25) is 10.4 Å². The molecular weight excluding hydrogens is 156 g/mol. The summed E-state index contributed by atoms with van der Waals surface area (Å²) < 4.78 is 0. The molecule has 1 radical (unpaired) electrons. The number of nitrogens with one attached hydrogen (secondary N) is 1. The molecule has 1 aliphatic carbocycles. The van der Waals surface area contributed by atoms with Crippen LogP contribution in [-0.4, -0.2) is 17.1 Å². The van der Waals surface area contributed by atoms with E-state index in [-0.39, 0.29) is 6.04 Å². The number of amides is 2. The van der Waals surface area contributed by atoms with Crippen LogP contribution in [0.25, 0.3) is 0 Å². The average molecular weight is 171 g/mol. The summed E-state index contributed by atoms with van der Waals surface area (Å²) in [7, 11) is 0. The molecule has 5 heteroatoms. The summed E-state index contributed by atoms with van der Waals surface area (Å²) in [6, 6.07) is -0.388. The largest absolute Gasteiger partial charge is 0.345 e. The van der Waals surface area contributed by atoms with E-state index in [1.165, 1.54) is 6.42 Å². The van der Waals surface area contributed by atoms with Crippen molar-refractivity contribution < 1.29 is 4.79 Å². The Labute approximate surface area is 72.0 Å². The Kier molecular flexibility index (Phi) is 3.31. The molecule has 0 aromatic carbocycles. The molecule has 1 unspecified atom stereocenters. The van der Waals surface area contributed by atoms with Crippen LogP contribution in [0.2, 0.25) is 0 Å². The third kappa shape index (κ3) is 2.09. The van der Waals surface area contributed by atoms with Crippen molar-refractivity contribution in [2.24, 2.45) is 11.7 Å². The number of rotatable bonds is 1. The van der Waals surface area contributed by atoms with Gasteiger partial charge < -0.3 is 0 Å². The summed E-state index contributed by atoms with van der Waals surface area (Å²) in [5, 5.41) is 1.15. The second-order valence-electron chi connectivity index (χ2n) is 2.94. The molecular formula is C7H15N4O. The van der Waals surface area contributed by atoms with Gasteiger partial charge in [-0.2, -0.15) is 0 Å². The summed E-state index contributed by atoms with van der Waals surface area (Å²) in [6.07, 6.45) is 6.32. The van der Waals surface area contributed by atoms with Gasteiger partial charge in [0.1, 0.15) is 0 Å². The Morgan fingerprint density at radius 2 is 2.33 bits per heavy atom. The van der Waals surface area contributed by atoms with Crippen LogP contribution in [0, 0.1) is 6.42 Å². The minimum Gasteiger partial charge on any atom is -0.275 e. The minimum atomic E-state index is -0.432. The number of urea groups is 1. The SMILES string of the molecule is NNC(=O)N(N)C1[CH]CCCC1. The summed E-state index contributed by atoms with van der Waals surface area (Å²) in [5.41, 5.74) is 2.00. The Morgan fingerprint density at radius 3 is 2.83 bits per heavy atom. The number of hydrogen-bond acceptors (Lipinski definition) is 3. The second kappa shape index (κ2) is 4.27. The quantitative estimate of drug-likeness (QED) is 0.292. The van der Waals surface area contributed by atoms with Gasteiger partial charge in [-0.15, -0.1) is 0 Å². The highest BCUT2D eigenvalue weighted by Crippen LogP contribution is 2.19. The predicted molar refractivity (Wildman–Crippen MR) is 45.3 cm³/mol. The molecule has 1 aliphatic rings. The van der Waals surface area contributed by atoms with E-state index in [0.717, 1.165) is 24.3 Å². The van der Waals surface area contributed by atoms with E-state index < -0.39 is 6.03 Å². The molecule has 12 heavy (non-hydrogen) atoms. The molecule has 0 aromatic rings. The number of nitrogens with zero attached hydrogens (tertiary/aromatic N) is 1. The lowest BCUT2D eigenvalue weighted by molar-refractivity contribution is 0.174. The number of hydrazine groups is 2. The summed E-state index contributed by atoms with van der Waals surface area (Å²) in [6.45, 7) is 0. The topological polar surface area (TPSA) is 84.4 Å². The lowest BCUT2D eigenvalue weighted by atomic mass is 9.95. The molecule has 1 fully saturated rings. The Morgan fingerprint density at radius 1 is 1.58 bits per heavy atom. The minimum absolute atomic E-state index is 0.0438. The Bertz CT molecular complexity index is 155. The van der Waals surface area contributed by atoms with Gasteiger partial charge in [0.25, 0.3) is 0 Å². The Hall–Kier alpha value is -0.810. The normalized spacial score (nSPS) is 18.8. The first kappa shape index (κ1) is 9.28. The van der Waals surface area contributed by atoms with Crippen molar-refractivity contribution in [3.8, 4) is 0 Å². The predicted octanol–water partition coefficient (Wildman–Crippen LogP) is -0.108. The van der Waals surface area contributed by atoms with Crippen LogP contribution in [0.15, 0.2) is 0 Å². The second-order valence-corrected chi connectivity index (χ2v) is 2.94. The van der Waals surface area contributed by atoms with Crippen LogP contribution in [0.4, 0.5) is 4.79 Å². The fraction of sp³-hybridized carbons (Fsp3) is 0.714. The van der Waals surface area contributed by atoms with Crippen LogP contribution in [0.1, 0.15) is 25.7 Å². The van der Waals surface area contributed by atoms with E-state index in [1.807, 2.05) is 5.43 Å².